The molecule has 0 aliphatic carbocycles. The van der Waals surface area contributed by atoms with Crippen LogP contribution in [-0.4, -0.2) is 25.3 Å². The lowest BCUT2D eigenvalue weighted by atomic mass is 10.0. The van der Waals surface area contributed by atoms with Crippen molar-refractivity contribution in [3.8, 4) is 5.75 Å². The summed E-state index contributed by atoms with van der Waals surface area (Å²) in [7, 11) is 1.60. The molecule has 2 rings (SSSR count). The third kappa shape index (κ3) is 3.71. The van der Waals surface area contributed by atoms with Crippen LogP contribution in [0.3, 0.4) is 0 Å². The molecule has 1 aliphatic rings. The Bertz CT molecular complexity index is 442. The highest BCUT2D eigenvalue weighted by molar-refractivity contribution is 5.64. The first-order valence-corrected chi connectivity index (χ1v) is 6.77. The fraction of sp³-hybridized carbons (Fsp3) is 0.533. The van der Waals surface area contributed by atoms with Gasteiger partial charge in [0.2, 0.25) is 0 Å². The molecule has 3 atom stereocenters. The summed E-state index contributed by atoms with van der Waals surface area (Å²) < 4.78 is 16.6. The number of carbonyl (C=O) groups excluding carboxylic acids is 1. The zero-order valence-corrected chi connectivity index (χ0v) is 11.7. The first-order valence-electron chi connectivity index (χ1n) is 6.77. The van der Waals surface area contributed by atoms with Crippen molar-refractivity contribution < 1.29 is 24.1 Å². The molecule has 1 saturated heterocycles. The zero-order chi connectivity index (χ0) is 14.5. The van der Waals surface area contributed by atoms with E-state index >= 15 is 0 Å². The zero-order valence-electron chi connectivity index (χ0n) is 11.7. The Hall–Kier alpha value is -1.59. The van der Waals surface area contributed by atoms with E-state index in [1.165, 1.54) is 0 Å². The Labute approximate surface area is 118 Å². The predicted molar refractivity (Wildman–Crippen MR) is 70.0 cm³/mol. The summed E-state index contributed by atoms with van der Waals surface area (Å²) in [6, 6.07) is 7.37. The minimum atomic E-state index is -1.10. The summed E-state index contributed by atoms with van der Waals surface area (Å²) >= 11 is 0. The summed E-state index contributed by atoms with van der Waals surface area (Å²) in [5.74, 6) is -0.344. The van der Waals surface area contributed by atoms with Crippen molar-refractivity contribution in [3.63, 3.8) is 0 Å². The van der Waals surface area contributed by atoms with Gasteiger partial charge in [0, 0.05) is 24.4 Å². The Morgan fingerprint density at radius 2 is 1.95 bits per heavy atom. The third-order valence-electron chi connectivity index (χ3n) is 3.40. The second-order valence-corrected chi connectivity index (χ2v) is 4.84. The van der Waals surface area contributed by atoms with E-state index in [9.17, 15) is 9.90 Å². The second kappa shape index (κ2) is 6.72. The fourth-order valence-electron chi connectivity index (χ4n) is 2.28. The van der Waals surface area contributed by atoms with E-state index in [1.54, 1.807) is 7.11 Å². The molecular formula is C15H19O5-. The lowest BCUT2D eigenvalue weighted by molar-refractivity contribution is -0.313. The molecule has 1 fully saturated rings. The molecule has 20 heavy (non-hydrogen) atoms. The van der Waals surface area contributed by atoms with Gasteiger partial charge < -0.3 is 24.1 Å². The fourth-order valence-corrected chi connectivity index (χ4v) is 2.28. The van der Waals surface area contributed by atoms with Crippen molar-refractivity contribution >= 4 is 5.97 Å². The topological polar surface area (TPSA) is 67.8 Å². The van der Waals surface area contributed by atoms with Gasteiger partial charge in [-0.25, -0.2) is 0 Å². The van der Waals surface area contributed by atoms with Crippen LogP contribution in [0.1, 0.15) is 38.0 Å². The molecule has 5 nitrogen and oxygen atoms in total. The minimum Gasteiger partial charge on any atom is -0.550 e. The maximum Gasteiger partial charge on any atom is 0.184 e. The van der Waals surface area contributed by atoms with Crippen LogP contribution in [0.4, 0.5) is 0 Å². The number of hydrogen-bond donors (Lipinski definition) is 0. The Morgan fingerprint density at radius 1 is 1.30 bits per heavy atom. The van der Waals surface area contributed by atoms with Gasteiger partial charge in [0.05, 0.1) is 19.3 Å². The molecule has 0 N–H and O–H groups in total. The maximum atomic E-state index is 10.7. The monoisotopic (exact) mass is 279 g/mol. The van der Waals surface area contributed by atoms with Crippen LogP contribution in [0.2, 0.25) is 0 Å². The van der Waals surface area contributed by atoms with Gasteiger partial charge in [-0.1, -0.05) is 19.1 Å². The van der Waals surface area contributed by atoms with Gasteiger partial charge in [0.15, 0.2) is 6.29 Å². The van der Waals surface area contributed by atoms with Crippen molar-refractivity contribution in [3.05, 3.63) is 29.8 Å². The van der Waals surface area contributed by atoms with Gasteiger partial charge in [-0.15, -0.1) is 0 Å². The molecule has 1 aromatic rings. The highest BCUT2D eigenvalue weighted by Crippen LogP contribution is 2.32. The SMILES string of the molecule is CC[C@@H]1C[C@H](CC(=O)[O-])OC(c2ccc(OC)cc2)O1. The summed E-state index contributed by atoms with van der Waals surface area (Å²) in [4.78, 5) is 10.7. The van der Waals surface area contributed by atoms with E-state index in [0.717, 1.165) is 17.7 Å². The molecule has 0 amide bonds. The standard InChI is InChI=1S/C15H20O5/c1-3-11-8-13(9-14(16)17)20-15(19-11)10-4-6-12(18-2)7-5-10/h4-7,11,13,15H,3,8-9H2,1-2H3,(H,16,17)/p-1/t11-,13-,15?/m1/s1. The van der Waals surface area contributed by atoms with E-state index in [0.29, 0.717) is 6.42 Å². The van der Waals surface area contributed by atoms with Crippen LogP contribution in [0.15, 0.2) is 24.3 Å². The van der Waals surface area contributed by atoms with Crippen LogP contribution >= 0.6 is 0 Å². The molecule has 0 spiro atoms. The summed E-state index contributed by atoms with van der Waals surface area (Å²) in [5.41, 5.74) is 0.854. The highest BCUT2D eigenvalue weighted by atomic mass is 16.7. The lowest BCUT2D eigenvalue weighted by Crippen LogP contribution is -2.37. The van der Waals surface area contributed by atoms with Crippen molar-refractivity contribution in [1.82, 2.24) is 0 Å². The normalized spacial score (nSPS) is 26.2. The summed E-state index contributed by atoms with van der Waals surface area (Å²) in [6.45, 7) is 2.01. The minimum absolute atomic E-state index is 0.000187. The van der Waals surface area contributed by atoms with E-state index in [1.807, 2.05) is 31.2 Å². The van der Waals surface area contributed by atoms with Crippen molar-refractivity contribution in [2.45, 2.75) is 44.7 Å². The third-order valence-corrected chi connectivity index (χ3v) is 3.40. The van der Waals surface area contributed by atoms with Crippen LogP contribution < -0.4 is 9.84 Å². The molecule has 0 aromatic heterocycles. The first-order chi connectivity index (χ1) is 9.62. The molecular weight excluding hydrogens is 260 g/mol. The largest absolute Gasteiger partial charge is 0.550 e. The van der Waals surface area contributed by atoms with E-state index in [2.05, 4.69) is 0 Å². The van der Waals surface area contributed by atoms with Gasteiger partial charge in [0.25, 0.3) is 0 Å². The average Bonchev–Trinajstić information content (AvgIpc) is 2.46. The van der Waals surface area contributed by atoms with E-state index < -0.39 is 12.3 Å². The summed E-state index contributed by atoms with van der Waals surface area (Å²) in [5, 5.41) is 10.7. The average molecular weight is 279 g/mol. The molecule has 1 aromatic carbocycles. The van der Waals surface area contributed by atoms with Crippen LogP contribution in [0, 0.1) is 0 Å². The van der Waals surface area contributed by atoms with Crippen LogP contribution in [0.25, 0.3) is 0 Å². The number of methoxy groups -OCH3 is 1. The molecule has 1 aliphatic heterocycles. The molecule has 1 unspecified atom stereocenters. The Kier molecular flexibility index (Phi) is 4.98. The number of carboxylic acids is 1. The molecule has 0 radical (unpaired) electrons. The smallest absolute Gasteiger partial charge is 0.184 e. The van der Waals surface area contributed by atoms with Gasteiger partial charge in [-0.2, -0.15) is 0 Å². The van der Waals surface area contributed by atoms with Gasteiger partial charge in [-0.3, -0.25) is 0 Å². The highest BCUT2D eigenvalue weighted by Gasteiger charge is 2.30. The van der Waals surface area contributed by atoms with Crippen LogP contribution in [0.5, 0.6) is 5.75 Å². The number of benzene rings is 1. The quantitative estimate of drug-likeness (QED) is 0.815. The van der Waals surface area contributed by atoms with Crippen molar-refractivity contribution in [2.24, 2.45) is 0 Å². The summed E-state index contributed by atoms with van der Waals surface area (Å²) in [6.07, 6.45) is 0.387. The van der Waals surface area contributed by atoms with Gasteiger partial charge in [-0.05, 0) is 18.6 Å². The number of rotatable bonds is 5. The number of carboxylic acid groups (broad SMARTS) is 1. The first kappa shape index (κ1) is 14.8. The molecule has 5 heteroatoms. The molecule has 0 bridgehead atoms. The van der Waals surface area contributed by atoms with E-state index in [4.69, 9.17) is 14.2 Å². The lowest BCUT2D eigenvalue weighted by Gasteiger charge is -2.36. The number of carbonyl (C=O) groups is 1. The maximum absolute atomic E-state index is 10.7. The Morgan fingerprint density at radius 3 is 2.50 bits per heavy atom. The van der Waals surface area contributed by atoms with Crippen molar-refractivity contribution in [1.29, 1.82) is 0 Å². The van der Waals surface area contributed by atoms with Crippen LogP contribution in [-0.2, 0) is 14.3 Å². The van der Waals surface area contributed by atoms with Gasteiger partial charge in [0.1, 0.15) is 5.75 Å². The number of aliphatic carboxylic acids is 1. The molecule has 110 valence electrons. The predicted octanol–water partition coefficient (Wildman–Crippen LogP) is 1.42. The van der Waals surface area contributed by atoms with Crippen molar-refractivity contribution in [2.75, 3.05) is 7.11 Å². The van der Waals surface area contributed by atoms with E-state index in [-0.39, 0.29) is 18.6 Å². The molecule has 1 heterocycles. The molecule has 0 saturated carbocycles. The number of ether oxygens (including phenoxy) is 3. The second-order valence-electron chi connectivity index (χ2n) is 4.84. The Balaban J connectivity index is 2.09. The number of hydrogen-bond acceptors (Lipinski definition) is 5. The van der Waals surface area contributed by atoms with Gasteiger partial charge >= 0.3 is 0 Å².